The van der Waals surface area contributed by atoms with E-state index in [9.17, 15) is 9.59 Å². The van der Waals surface area contributed by atoms with Crippen LogP contribution in [0.1, 0.15) is 34.2 Å². The van der Waals surface area contributed by atoms with Crippen LogP contribution in [0.3, 0.4) is 0 Å². The van der Waals surface area contributed by atoms with E-state index in [1.165, 1.54) is 12.1 Å². The summed E-state index contributed by atoms with van der Waals surface area (Å²) in [4.78, 5) is 27.4. The molecular weight excluding hydrogens is 384 g/mol. The Hall–Kier alpha value is -1.33. The molecule has 0 atom stereocenters. The normalized spacial score (nSPS) is 10.5. The number of benzene rings is 1. The fourth-order valence-corrected chi connectivity index (χ4v) is 2.50. The van der Waals surface area contributed by atoms with Crippen LogP contribution in [0.5, 0.6) is 5.75 Å². The molecule has 23 heavy (non-hydrogen) atoms. The summed E-state index contributed by atoms with van der Waals surface area (Å²) in [6.07, 6.45) is 0.389. The third-order valence-corrected chi connectivity index (χ3v) is 4.56. The smallest absolute Gasteiger partial charge is 0.364 e. The van der Waals surface area contributed by atoms with Crippen molar-refractivity contribution in [3.05, 3.63) is 55.7 Å². The lowest BCUT2D eigenvalue weighted by molar-refractivity contribution is 0.0729. The van der Waals surface area contributed by atoms with Crippen molar-refractivity contribution >= 4 is 58.2 Å². The first-order valence-corrected chi connectivity index (χ1v) is 7.91. The van der Waals surface area contributed by atoms with Gasteiger partial charge in [0.15, 0.2) is 11.5 Å². The monoisotopic (exact) mass is 391 g/mol. The zero-order chi connectivity index (χ0) is 17.1. The summed E-state index contributed by atoms with van der Waals surface area (Å²) in [7, 11) is 0. The Morgan fingerprint density at radius 1 is 1.00 bits per heavy atom. The average Bonchev–Trinajstić information content (AvgIpc) is 2.56. The van der Waals surface area contributed by atoms with Crippen LogP contribution in [0.25, 0.3) is 0 Å². The molecule has 0 saturated heterocycles. The van der Waals surface area contributed by atoms with Gasteiger partial charge in [0.25, 0.3) is 0 Å². The molecule has 0 aliphatic heterocycles. The van der Waals surface area contributed by atoms with Gasteiger partial charge in [-0.25, -0.2) is 9.78 Å². The number of halogens is 4. The van der Waals surface area contributed by atoms with Gasteiger partial charge in [0.05, 0.1) is 15.1 Å². The Balaban J connectivity index is 2.24. The fourth-order valence-electron chi connectivity index (χ4n) is 1.69. The van der Waals surface area contributed by atoms with Crippen molar-refractivity contribution in [2.45, 2.75) is 13.3 Å². The Morgan fingerprint density at radius 2 is 1.61 bits per heavy atom. The van der Waals surface area contributed by atoms with Gasteiger partial charge >= 0.3 is 5.97 Å². The highest BCUT2D eigenvalue weighted by molar-refractivity contribution is 6.52. The van der Waals surface area contributed by atoms with Crippen molar-refractivity contribution in [2.24, 2.45) is 0 Å². The second-order valence-electron chi connectivity index (χ2n) is 4.38. The molecule has 0 saturated carbocycles. The van der Waals surface area contributed by atoms with E-state index in [4.69, 9.17) is 51.1 Å². The van der Waals surface area contributed by atoms with E-state index in [2.05, 4.69) is 4.98 Å². The van der Waals surface area contributed by atoms with Gasteiger partial charge in [0.1, 0.15) is 10.9 Å². The third-order valence-electron chi connectivity index (χ3n) is 2.89. The van der Waals surface area contributed by atoms with Gasteiger partial charge in [0.2, 0.25) is 0 Å². The molecule has 0 radical (unpaired) electrons. The number of nitrogens with zero attached hydrogens (tertiary/aromatic N) is 1. The predicted molar refractivity (Wildman–Crippen MR) is 90.3 cm³/mol. The van der Waals surface area contributed by atoms with Crippen LogP contribution in [0.2, 0.25) is 20.2 Å². The van der Waals surface area contributed by atoms with Crippen molar-refractivity contribution in [3.63, 3.8) is 0 Å². The number of hydrogen-bond donors (Lipinski definition) is 0. The molecule has 0 spiro atoms. The number of rotatable bonds is 4. The van der Waals surface area contributed by atoms with Gasteiger partial charge in [-0.15, -0.1) is 0 Å². The van der Waals surface area contributed by atoms with Crippen molar-refractivity contribution in [1.82, 2.24) is 4.98 Å². The van der Waals surface area contributed by atoms with E-state index in [-0.39, 0.29) is 37.4 Å². The summed E-state index contributed by atoms with van der Waals surface area (Å²) in [5.74, 6) is -0.628. The van der Waals surface area contributed by atoms with E-state index in [0.717, 1.165) is 0 Å². The number of ether oxygens (including phenoxy) is 1. The molecule has 120 valence electrons. The molecule has 0 unspecified atom stereocenters. The maximum Gasteiger partial charge on any atom is 0.364 e. The number of hydrogen-bond acceptors (Lipinski definition) is 4. The lowest BCUT2D eigenvalue weighted by Crippen LogP contribution is -2.12. The summed E-state index contributed by atoms with van der Waals surface area (Å²) in [5.41, 5.74) is 0.279. The number of ketones is 1. The first-order chi connectivity index (χ1) is 10.8. The van der Waals surface area contributed by atoms with Crippen LogP contribution >= 0.6 is 46.4 Å². The first-order valence-electron chi connectivity index (χ1n) is 6.40. The molecule has 0 amide bonds. The van der Waals surface area contributed by atoms with Crippen LogP contribution in [0.4, 0.5) is 0 Å². The molecule has 1 aromatic carbocycles. The van der Waals surface area contributed by atoms with Gasteiger partial charge in [-0.1, -0.05) is 53.3 Å². The highest BCUT2D eigenvalue weighted by Crippen LogP contribution is 2.36. The zero-order valence-electron chi connectivity index (χ0n) is 11.7. The maximum absolute atomic E-state index is 12.1. The molecule has 0 aliphatic rings. The number of carbonyl (C=O) groups is 2. The van der Waals surface area contributed by atoms with Gasteiger partial charge in [-0.05, 0) is 24.3 Å². The fraction of sp³-hybridized carbons (Fsp3) is 0.133. The summed E-state index contributed by atoms with van der Waals surface area (Å²) in [5, 5.41) is -0.428. The van der Waals surface area contributed by atoms with Crippen LogP contribution in [-0.2, 0) is 0 Å². The second kappa shape index (κ2) is 7.49. The summed E-state index contributed by atoms with van der Waals surface area (Å²) >= 11 is 23.4. The highest BCUT2D eigenvalue weighted by atomic mass is 35.5. The first kappa shape index (κ1) is 18.0. The molecule has 0 aliphatic carbocycles. The lowest BCUT2D eigenvalue weighted by Gasteiger charge is -2.08. The Kier molecular flexibility index (Phi) is 5.87. The van der Waals surface area contributed by atoms with Gasteiger partial charge in [-0.2, -0.15) is 0 Å². The molecule has 2 aromatic rings. The van der Waals surface area contributed by atoms with Crippen LogP contribution < -0.4 is 4.74 Å². The molecule has 1 heterocycles. The number of pyridine rings is 1. The predicted octanol–water partition coefficient (Wildman–Crippen LogP) is 5.51. The Labute approximate surface area is 152 Å². The number of Topliss-reactive ketones (excluding diaryl/α,β-unsaturated/α-hetero) is 1. The topological polar surface area (TPSA) is 56.3 Å². The van der Waals surface area contributed by atoms with Crippen LogP contribution in [-0.4, -0.2) is 16.7 Å². The minimum Gasteiger partial charge on any atom is -0.422 e. The zero-order valence-corrected chi connectivity index (χ0v) is 14.7. The standard InChI is InChI=1S/C15H9Cl4NO3/c1-2-9(21)7-3-5-8(6-4-7)23-15(22)13-11(17)10(16)12(18)14(19)20-13/h3-6H,2H2,1H3. The van der Waals surface area contributed by atoms with Crippen molar-refractivity contribution < 1.29 is 14.3 Å². The Morgan fingerprint density at radius 3 is 2.17 bits per heavy atom. The quantitative estimate of drug-likeness (QED) is 0.298. The minimum atomic E-state index is -0.843. The molecule has 4 nitrogen and oxygen atoms in total. The average molecular weight is 393 g/mol. The van der Waals surface area contributed by atoms with Crippen molar-refractivity contribution in [2.75, 3.05) is 0 Å². The van der Waals surface area contributed by atoms with Crippen molar-refractivity contribution in [3.8, 4) is 5.75 Å². The summed E-state index contributed by atoms with van der Waals surface area (Å²) in [6.45, 7) is 1.76. The maximum atomic E-state index is 12.1. The molecule has 1 aromatic heterocycles. The minimum absolute atomic E-state index is 0.0103. The van der Waals surface area contributed by atoms with Gasteiger partial charge in [-0.3, -0.25) is 4.79 Å². The summed E-state index contributed by atoms with van der Waals surface area (Å²) in [6, 6.07) is 6.11. The summed E-state index contributed by atoms with van der Waals surface area (Å²) < 4.78 is 5.14. The molecule has 8 heteroatoms. The number of carbonyl (C=O) groups excluding carboxylic acids is 2. The van der Waals surface area contributed by atoms with Gasteiger partial charge < -0.3 is 4.74 Å². The molecule has 0 bridgehead atoms. The molecule has 0 N–H and O–H groups in total. The molecular formula is C15H9Cl4NO3. The van der Waals surface area contributed by atoms with E-state index in [1.54, 1.807) is 19.1 Å². The van der Waals surface area contributed by atoms with Crippen LogP contribution in [0, 0.1) is 0 Å². The van der Waals surface area contributed by atoms with E-state index in [0.29, 0.717) is 12.0 Å². The Bertz CT molecular complexity index is 775. The number of aromatic nitrogens is 1. The lowest BCUT2D eigenvalue weighted by atomic mass is 10.1. The second-order valence-corrected chi connectivity index (χ2v) is 5.88. The molecule has 0 fully saturated rings. The van der Waals surface area contributed by atoms with E-state index >= 15 is 0 Å². The molecule has 2 rings (SSSR count). The van der Waals surface area contributed by atoms with E-state index < -0.39 is 5.97 Å². The largest absolute Gasteiger partial charge is 0.422 e. The van der Waals surface area contributed by atoms with Crippen LogP contribution in [0.15, 0.2) is 24.3 Å². The van der Waals surface area contributed by atoms with Crippen molar-refractivity contribution in [1.29, 1.82) is 0 Å². The van der Waals surface area contributed by atoms with E-state index in [1.807, 2.05) is 0 Å². The van der Waals surface area contributed by atoms with Gasteiger partial charge in [0, 0.05) is 12.0 Å². The highest BCUT2D eigenvalue weighted by Gasteiger charge is 2.22. The SMILES string of the molecule is CCC(=O)c1ccc(OC(=O)c2nc(Cl)c(Cl)c(Cl)c2Cl)cc1. The third kappa shape index (κ3) is 3.96. The number of esters is 1.